The summed E-state index contributed by atoms with van der Waals surface area (Å²) in [5.41, 5.74) is 5.12. The zero-order chi connectivity index (χ0) is 27.5. The van der Waals surface area contributed by atoms with Gasteiger partial charge in [-0.3, -0.25) is 4.79 Å². The van der Waals surface area contributed by atoms with Crippen LogP contribution in [0.25, 0.3) is 11.1 Å². The van der Waals surface area contributed by atoms with E-state index in [0.29, 0.717) is 29.4 Å². The van der Waals surface area contributed by atoms with Gasteiger partial charge in [0.2, 0.25) is 0 Å². The van der Waals surface area contributed by atoms with Crippen LogP contribution >= 0.6 is 23.4 Å². The number of aryl methyl sites for hydroxylation is 1. The SMILES string of the molecule is CCCCC(OCc1ccc(C(=O)NC(CCSC)C(=O)O)c(-c2ccccc2C)c1)c1cccc(Cl)c1.[H-].[Li+]. The molecule has 2 N–H and O–H groups in total. The monoisotopic (exact) mass is 561 g/mol. The number of nitrogens with one attached hydrogen (secondary N) is 1. The number of carbonyl (C=O) groups excluding carboxylic acids is 1. The number of benzene rings is 3. The molecule has 0 aromatic heterocycles. The largest absolute Gasteiger partial charge is 1.00 e. The first-order chi connectivity index (χ1) is 18.3. The molecule has 3 rings (SSSR count). The molecular formula is C31H37ClLiNO4S. The van der Waals surface area contributed by atoms with Crippen molar-refractivity contribution in [3.8, 4) is 11.1 Å². The average Bonchev–Trinajstić information content (AvgIpc) is 2.91. The second-order valence-electron chi connectivity index (χ2n) is 9.34. The van der Waals surface area contributed by atoms with Crippen molar-refractivity contribution in [2.45, 2.75) is 58.3 Å². The summed E-state index contributed by atoms with van der Waals surface area (Å²) in [6.45, 7) is 4.52. The summed E-state index contributed by atoms with van der Waals surface area (Å²) in [6.07, 6.45) is 5.16. The number of carbonyl (C=O) groups is 2. The van der Waals surface area contributed by atoms with Gasteiger partial charge in [-0.2, -0.15) is 11.8 Å². The number of hydrogen-bond donors (Lipinski definition) is 2. The molecule has 0 fully saturated rings. The predicted molar refractivity (Wildman–Crippen MR) is 158 cm³/mol. The Kier molecular flexibility index (Phi) is 14.2. The van der Waals surface area contributed by atoms with Gasteiger partial charge in [0.15, 0.2) is 0 Å². The van der Waals surface area contributed by atoms with Crippen molar-refractivity contribution in [3.05, 3.63) is 94.0 Å². The minimum Gasteiger partial charge on any atom is -1.00 e. The first-order valence-electron chi connectivity index (χ1n) is 12.9. The molecule has 0 saturated carbocycles. The Hall–Kier alpha value is -2.20. The maximum absolute atomic E-state index is 13.3. The topological polar surface area (TPSA) is 75.6 Å². The van der Waals surface area contributed by atoms with E-state index in [1.807, 2.05) is 73.8 Å². The van der Waals surface area contributed by atoms with Crippen molar-refractivity contribution in [1.82, 2.24) is 5.32 Å². The van der Waals surface area contributed by atoms with Gasteiger partial charge in [-0.15, -0.1) is 0 Å². The maximum atomic E-state index is 13.3. The molecule has 5 nitrogen and oxygen atoms in total. The third kappa shape index (κ3) is 9.74. The standard InChI is InChI=1S/C31H36ClNO4S.Li.H/c1-4-5-13-29(23-10-8-11-24(32)19-23)37-20-22-14-15-26(27(18-22)25-12-7-6-9-21(25)2)30(34)33-28(31(35)36)16-17-38-3;;/h6-12,14-15,18-19,28-29H,4-5,13,16-17,20H2,1-3H3,(H,33,34)(H,35,36);;/q;+1;-1. The van der Waals surface area contributed by atoms with Gasteiger partial charge < -0.3 is 16.6 Å². The van der Waals surface area contributed by atoms with Crippen LogP contribution in [-0.2, 0) is 16.1 Å². The molecule has 39 heavy (non-hydrogen) atoms. The smallest absolute Gasteiger partial charge is 1.00 e. The summed E-state index contributed by atoms with van der Waals surface area (Å²) in [5.74, 6) is -0.790. The number of unbranched alkanes of at least 4 members (excludes halogenated alkanes) is 1. The molecule has 0 spiro atoms. The summed E-state index contributed by atoms with van der Waals surface area (Å²) >= 11 is 7.79. The van der Waals surface area contributed by atoms with Gasteiger partial charge >= 0.3 is 24.8 Å². The van der Waals surface area contributed by atoms with Crippen molar-refractivity contribution in [3.63, 3.8) is 0 Å². The number of hydrogen-bond acceptors (Lipinski definition) is 4. The van der Waals surface area contributed by atoms with Crippen molar-refractivity contribution < 1.29 is 39.7 Å². The molecule has 8 heteroatoms. The number of thioether (sulfide) groups is 1. The minimum atomic E-state index is -1.03. The van der Waals surface area contributed by atoms with Gasteiger partial charge in [0.25, 0.3) is 5.91 Å². The Labute approximate surface area is 254 Å². The average molecular weight is 562 g/mol. The van der Waals surface area contributed by atoms with Crippen LogP contribution in [0.2, 0.25) is 5.02 Å². The number of aliphatic carboxylic acids is 1. The molecule has 2 unspecified atom stereocenters. The maximum Gasteiger partial charge on any atom is 1.00 e. The van der Waals surface area contributed by atoms with Crippen LogP contribution in [0, 0.1) is 6.92 Å². The Balaban J connectivity index is 0.00000400. The van der Waals surface area contributed by atoms with E-state index in [2.05, 4.69) is 12.2 Å². The Morgan fingerprint density at radius 2 is 1.82 bits per heavy atom. The van der Waals surface area contributed by atoms with Crippen LogP contribution in [0.15, 0.2) is 66.7 Å². The van der Waals surface area contributed by atoms with Crippen LogP contribution in [0.4, 0.5) is 0 Å². The summed E-state index contributed by atoms with van der Waals surface area (Å²) in [5, 5.41) is 13.0. The first-order valence-corrected chi connectivity index (χ1v) is 14.7. The molecule has 2 atom stereocenters. The Morgan fingerprint density at radius 3 is 2.49 bits per heavy atom. The predicted octanol–water partition coefficient (Wildman–Crippen LogP) is 4.82. The molecule has 0 aliphatic rings. The zero-order valence-corrected chi connectivity index (χ0v) is 24.8. The summed E-state index contributed by atoms with van der Waals surface area (Å²) in [4.78, 5) is 25.1. The van der Waals surface area contributed by atoms with E-state index in [0.717, 1.165) is 47.1 Å². The molecule has 0 heterocycles. The van der Waals surface area contributed by atoms with E-state index < -0.39 is 17.9 Å². The molecule has 204 valence electrons. The van der Waals surface area contributed by atoms with Crippen LogP contribution in [-0.4, -0.2) is 35.0 Å². The number of ether oxygens (including phenoxy) is 1. The van der Waals surface area contributed by atoms with Crippen molar-refractivity contribution in [2.75, 3.05) is 12.0 Å². The fraction of sp³-hybridized carbons (Fsp3) is 0.355. The van der Waals surface area contributed by atoms with Gasteiger partial charge in [0.05, 0.1) is 12.7 Å². The van der Waals surface area contributed by atoms with Gasteiger partial charge in [0.1, 0.15) is 6.04 Å². The fourth-order valence-electron chi connectivity index (χ4n) is 4.35. The van der Waals surface area contributed by atoms with E-state index in [1.165, 1.54) is 0 Å². The van der Waals surface area contributed by atoms with Crippen LogP contribution in [0.5, 0.6) is 0 Å². The van der Waals surface area contributed by atoms with Crippen LogP contribution in [0.3, 0.4) is 0 Å². The fourth-order valence-corrected chi connectivity index (χ4v) is 5.02. The van der Waals surface area contributed by atoms with Crippen LogP contribution in [0.1, 0.15) is 67.2 Å². The van der Waals surface area contributed by atoms with Crippen molar-refractivity contribution in [2.24, 2.45) is 0 Å². The van der Waals surface area contributed by atoms with Crippen molar-refractivity contribution >= 4 is 35.2 Å². The van der Waals surface area contributed by atoms with E-state index in [9.17, 15) is 14.7 Å². The quantitative estimate of drug-likeness (QED) is 0.276. The molecule has 3 aromatic carbocycles. The molecular weight excluding hydrogens is 525 g/mol. The summed E-state index contributed by atoms with van der Waals surface area (Å²) in [7, 11) is 0. The normalized spacial score (nSPS) is 12.3. The molecule has 0 aliphatic carbocycles. The Bertz CT molecular complexity index is 1250. The van der Waals surface area contributed by atoms with Crippen LogP contribution < -0.4 is 24.2 Å². The number of halogens is 1. The van der Waals surface area contributed by atoms with E-state index >= 15 is 0 Å². The van der Waals surface area contributed by atoms with E-state index in [-0.39, 0.29) is 26.4 Å². The number of carboxylic acid groups (broad SMARTS) is 1. The third-order valence-corrected chi connectivity index (χ3v) is 7.35. The molecule has 3 aromatic rings. The number of amides is 1. The van der Waals surface area contributed by atoms with E-state index in [4.69, 9.17) is 16.3 Å². The van der Waals surface area contributed by atoms with Crippen molar-refractivity contribution in [1.29, 1.82) is 0 Å². The number of carboxylic acids is 1. The molecule has 0 aliphatic heterocycles. The van der Waals surface area contributed by atoms with Gasteiger partial charge in [0, 0.05) is 10.6 Å². The zero-order valence-electron chi connectivity index (χ0n) is 24.2. The number of rotatable bonds is 14. The molecule has 1 amide bonds. The third-order valence-electron chi connectivity index (χ3n) is 6.47. The second kappa shape index (κ2) is 16.8. The van der Waals surface area contributed by atoms with Gasteiger partial charge in [-0.1, -0.05) is 73.8 Å². The molecule has 0 radical (unpaired) electrons. The molecule has 0 bridgehead atoms. The first kappa shape index (κ1) is 33.0. The summed E-state index contributed by atoms with van der Waals surface area (Å²) < 4.78 is 6.39. The van der Waals surface area contributed by atoms with Gasteiger partial charge in [-0.25, -0.2) is 4.79 Å². The molecule has 0 saturated heterocycles. The minimum absolute atomic E-state index is 0. The van der Waals surface area contributed by atoms with E-state index in [1.54, 1.807) is 17.8 Å². The second-order valence-corrected chi connectivity index (χ2v) is 10.8. The summed E-state index contributed by atoms with van der Waals surface area (Å²) in [6, 6.07) is 20.3. The Morgan fingerprint density at radius 1 is 1.05 bits per heavy atom. The van der Waals surface area contributed by atoms with Gasteiger partial charge in [-0.05, 0) is 83.9 Å².